The lowest BCUT2D eigenvalue weighted by molar-refractivity contribution is -0.151. The van der Waals surface area contributed by atoms with Crippen LogP contribution in [0.15, 0.2) is 18.2 Å². The average Bonchev–Trinajstić information content (AvgIpc) is 2.46. The number of hydrogen-bond donors (Lipinski definition) is 1. The molecular weight excluding hydrogens is 273 g/mol. The second-order valence-electron chi connectivity index (χ2n) is 5.18. The van der Waals surface area contributed by atoms with Crippen LogP contribution in [0.5, 0.6) is 5.75 Å². The highest BCUT2D eigenvalue weighted by Crippen LogP contribution is 2.18. The molecule has 0 spiro atoms. The number of rotatable bonds is 8. The molecule has 118 valence electrons. The van der Waals surface area contributed by atoms with Crippen molar-refractivity contribution in [3.05, 3.63) is 29.6 Å². The lowest BCUT2D eigenvalue weighted by atomic mass is 10.0. The molecule has 0 aromatic heterocycles. The molecular formula is C16H24FNO3. The minimum Gasteiger partial charge on any atom is -0.491 e. The van der Waals surface area contributed by atoms with Crippen LogP contribution in [0.2, 0.25) is 0 Å². The summed E-state index contributed by atoms with van der Waals surface area (Å²) in [6, 6.07) is 4.51. The van der Waals surface area contributed by atoms with Gasteiger partial charge < -0.3 is 9.47 Å². The zero-order valence-electron chi connectivity index (χ0n) is 13.2. The molecule has 0 aliphatic carbocycles. The fourth-order valence-electron chi connectivity index (χ4n) is 1.81. The summed E-state index contributed by atoms with van der Waals surface area (Å²) < 4.78 is 24.0. The topological polar surface area (TPSA) is 47.6 Å². The van der Waals surface area contributed by atoms with Crippen molar-refractivity contribution in [3.63, 3.8) is 0 Å². The monoisotopic (exact) mass is 297 g/mol. The third-order valence-electron chi connectivity index (χ3n) is 3.15. The van der Waals surface area contributed by atoms with Crippen molar-refractivity contribution in [2.75, 3.05) is 19.8 Å². The van der Waals surface area contributed by atoms with Gasteiger partial charge in [-0.25, -0.2) is 9.18 Å². The Kier molecular flexibility index (Phi) is 6.62. The van der Waals surface area contributed by atoms with Gasteiger partial charge in [-0.2, -0.15) is 0 Å². The maximum Gasteiger partial charge on any atom is 0.329 e. The highest BCUT2D eigenvalue weighted by molar-refractivity contribution is 5.80. The molecule has 1 atom stereocenters. The average molecular weight is 297 g/mol. The quantitative estimate of drug-likeness (QED) is 0.750. The minimum atomic E-state index is -0.922. The summed E-state index contributed by atoms with van der Waals surface area (Å²) in [7, 11) is 0. The first-order chi connectivity index (χ1) is 9.92. The second-order valence-corrected chi connectivity index (χ2v) is 5.18. The summed E-state index contributed by atoms with van der Waals surface area (Å²) in [5, 5.41) is 3.15. The Bertz CT molecular complexity index is 479. The zero-order chi connectivity index (χ0) is 15.9. The van der Waals surface area contributed by atoms with Crippen molar-refractivity contribution < 1.29 is 18.7 Å². The Morgan fingerprint density at radius 2 is 2.10 bits per heavy atom. The van der Waals surface area contributed by atoms with Crippen molar-refractivity contribution in [1.82, 2.24) is 5.32 Å². The number of halogens is 1. The lowest BCUT2D eigenvalue weighted by Crippen LogP contribution is -2.55. The molecule has 0 heterocycles. The van der Waals surface area contributed by atoms with Crippen molar-refractivity contribution >= 4 is 5.97 Å². The predicted molar refractivity (Wildman–Crippen MR) is 80.0 cm³/mol. The Morgan fingerprint density at radius 1 is 1.38 bits per heavy atom. The van der Waals surface area contributed by atoms with Gasteiger partial charge in [-0.15, -0.1) is 0 Å². The molecule has 0 saturated heterocycles. The van der Waals surface area contributed by atoms with Crippen LogP contribution in [0.25, 0.3) is 0 Å². The number of carbonyl (C=O) groups excluding carboxylic acids is 1. The van der Waals surface area contributed by atoms with Gasteiger partial charge in [0.05, 0.1) is 6.61 Å². The molecule has 0 saturated carbocycles. The van der Waals surface area contributed by atoms with E-state index in [1.54, 1.807) is 32.9 Å². The summed E-state index contributed by atoms with van der Waals surface area (Å²) in [4.78, 5) is 12.1. The number of nitrogens with one attached hydrogen (secondary N) is 1. The van der Waals surface area contributed by atoms with Crippen LogP contribution < -0.4 is 10.1 Å². The Balaban J connectivity index is 2.76. The van der Waals surface area contributed by atoms with E-state index < -0.39 is 5.54 Å². The van der Waals surface area contributed by atoms with Crippen LogP contribution in [-0.4, -0.2) is 31.3 Å². The van der Waals surface area contributed by atoms with Gasteiger partial charge in [0.25, 0.3) is 0 Å². The smallest absolute Gasteiger partial charge is 0.329 e. The first-order valence-electron chi connectivity index (χ1n) is 7.24. The molecule has 0 amide bonds. The van der Waals surface area contributed by atoms with Crippen LogP contribution in [0, 0.1) is 12.7 Å². The van der Waals surface area contributed by atoms with E-state index in [0.29, 0.717) is 24.5 Å². The summed E-state index contributed by atoms with van der Waals surface area (Å²) in [6.07, 6.45) is 0.894. The molecule has 0 bridgehead atoms. The summed E-state index contributed by atoms with van der Waals surface area (Å²) in [5.41, 5.74) is -0.416. The first kappa shape index (κ1) is 17.4. The number of ether oxygens (including phenoxy) is 2. The molecule has 0 radical (unpaired) electrons. The summed E-state index contributed by atoms with van der Waals surface area (Å²) in [6.45, 7) is 8.32. The van der Waals surface area contributed by atoms with Crippen LogP contribution in [-0.2, 0) is 9.53 Å². The fraction of sp³-hybridized carbons (Fsp3) is 0.562. The highest BCUT2D eigenvalue weighted by atomic mass is 19.1. The summed E-state index contributed by atoms with van der Waals surface area (Å²) in [5.74, 6) is -0.0976. The molecule has 0 fully saturated rings. The van der Waals surface area contributed by atoms with E-state index in [2.05, 4.69) is 5.32 Å². The van der Waals surface area contributed by atoms with E-state index in [1.165, 1.54) is 6.07 Å². The Labute approximate surface area is 125 Å². The molecule has 5 heteroatoms. The molecule has 4 nitrogen and oxygen atoms in total. The molecule has 0 aliphatic heterocycles. The number of aryl methyl sites for hydroxylation is 1. The van der Waals surface area contributed by atoms with Crippen molar-refractivity contribution in [2.45, 2.75) is 39.7 Å². The van der Waals surface area contributed by atoms with Crippen LogP contribution in [0.1, 0.15) is 32.8 Å². The van der Waals surface area contributed by atoms with Gasteiger partial charge in [0, 0.05) is 0 Å². The van der Waals surface area contributed by atoms with Gasteiger partial charge in [-0.05, 0) is 57.5 Å². The normalized spacial score (nSPS) is 13.6. The van der Waals surface area contributed by atoms with Gasteiger partial charge in [0.1, 0.15) is 23.7 Å². The van der Waals surface area contributed by atoms with Crippen LogP contribution >= 0.6 is 0 Å². The highest BCUT2D eigenvalue weighted by Gasteiger charge is 2.35. The maximum atomic E-state index is 13.2. The van der Waals surface area contributed by atoms with E-state index in [1.807, 2.05) is 6.92 Å². The van der Waals surface area contributed by atoms with Gasteiger partial charge in [-0.3, -0.25) is 5.32 Å². The van der Waals surface area contributed by atoms with E-state index in [-0.39, 0.29) is 18.4 Å². The van der Waals surface area contributed by atoms with E-state index in [9.17, 15) is 9.18 Å². The predicted octanol–water partition coefficient (Wildman–Crippen LogP) is 2.83. The van der Waals surface area contributed by atoms with Gasteiger partial charge in [0.2, 0.25) is 0 Å². The molecule has 1 rings (SSSR count). The van der Waals surface area contributed by atoms with Crippen LogP contribution in [0.3, 0.4) is 0 Å². The van der Waals surface area contributed by atoms with E-state index in [4.69, 9.17) is 9.47 Å². The van der Waals surface area contributed by atoms with Crippen LogP contribution in [0.4, 0.5) is 4.39 Å². The Hall–Kier alpha value is -1.62. The lowest BCUT2D eigenvalue weighted by Gasteiger charge is -2.28. The minimum absolute atomic E-state index is 0.122. The number of benzene rings is 1. The molecule has 1 aromatic rings. The molecule has 21 heavy (non-hydrogen) atoms. The number of carbonyl (C=O) groups is 1. The molecule has 1 aromatic carbocycles. The van der Waals surface area contributed by atoms with Crippen molar-refractivity contribution in [3.8, 4) is 5.75 Å². The third-order valence-corrected chi connectivity index (χ3v) is 3.15. The maximum absolute atomic E-state index is 13.2. The fourth-order valence-corrected chi connectivity index (χ4v) is 1.81. The molecule has 0 aliphatic rings. The Morgan fingerprint density at radius 3 is 2.67 bits per heavy atom. The molecule has 1 N–H and O–H groups in total. The van der Waals surface area contributed by atoms with E-state index in [0.717, 1.165) is 6.42 Å². The van der Waals surface area contributed by atoms with E-state index >= 15 is 0 Å². The third kappa shape index (κ3) is 5.01. The number of hydrogen-bond acceptors (Lipinski definition) is 4. The van der Waals surface area contributed by atoms with Gasteiger partial charge in [0.15, 0.2) is 0 Å². The second kappa shape index (κ2) is 7.98. The molecule has 1 unspecified atom stereocenters. The standard InChI is InChI=1S/C16H24FNO3/c1-5-9-18-16(4,15(19)20-6-2)11-21-13-7-8-14(17)12(3)10-13/h7-8,10,18H,5-6,9,11H2,1-4H3. The zero-order valence-corrected chi connectivity index (χ0v) is 13.2. The summed E-state index contributed by atoms with van der Waals surface area (Å²) >= 11 is 0. The first-order valence-corrected chi connectivity index (χ1v) is 7.24. The SMILES string of the molecule is CCCNC(C)(COc1ccc(F)c(C)c1)C(=O)OCC. The van der Waals surface area contributed by atoms with Gasteiger partial charge in [-0.1, -0.05) is 6.92 Å². The van der Waals surface area contributed by atoms with Crippen molar-refractivity contribution in [1.29, 1.82) is 0 Å². The van der Waals surface area contributed by atoms with Crippen molar-refractivity contribution in [2.24, 2.45) is 0 Å². The largest absolute Gasteiger partial charge is 0.491 e. The number of esters is 1. The van der Waals surface area contributed by atoms with Gasteiger partial charge >= 0.3 is 5.97 Å².